The number of hydrogen-bond donors (Lipinski definition) is 0. The van der Waals surface area contributed by atoms with Gasteiger partial charge < -0.3 is 0 Å². The quantitative estimate of drug-likeness (QED) is 0.206. The van der Waals surface area contributed by atoms with Gasteiger partial charge in [-0.05, 0) is 0 Å². The molecule has 0 amide bonds. The van der Waals surface area contributed by atoms with Crippen LogP contribution in [0, 0.1) is 0 Å². The van der Waals surface area contributed by atoms with E-state index in [0.29, 0.717) is 11.8 Å². The van der Waals surface area contributed by atoms with Crippen LogP contribution in [0.4, 0.5) is 17.1 Å². The van der Waals surface area contributed by atoms with Gasteiger partial charge in [0.1, 0.15) is 0 Å². The Morgan fingerprint density at radius 1 is 0.419 bits per heavy atom. The number of aromatic nitrogens is 2. The number of rotatable bonds is 5. The van der Waals surface area contributed by atoms with E-state index in [0.717, 1.165) is 16.8 Å². The second-order valence-electron chi connectivity index (χ2n) is 10.7. The first-order chi connectivity index (χ1) is 21.3. The molecule has 0 aliphatic carbocycles. The van der Waals surface area contributed by atoms with Crippen LogP contribution in [0.15, 0.2) is 168 Å². The predicted molar refractivity (Wildman–Crippen MR) is 177 cm³/mol. The summed E-state index contributed by atoms with van der Waals surface area (Å²) in [5.74, 6) is 1.02. The molecule has 5 heteroatoms. The van der Waals surface area contributed by atoms with Gasteiger partial charge in [-0.2, -0.15) is 0 Å². The van der Waals surface area contributed by atoms with Gasteiger partial charge in [0.05, 0.1) is 0 Å². The zero-order chi connectivity index (χ0) is 28.6. The van der Waals surface area contributed by atoms with Gasteiger partial charge in [0.2, 0.25) is 0 Å². The number of fused-ring (bicyclic) bond motifs is 2. The Balaban J connectivity index is 1.29. The Bertz CT molecular complexity index is 1930. The molecule has 1 aliphatic rings. The molecule has 0 fully saturated rings. The first-order valence-corrected chi connectivity index (χ1v) is 18.6. The fourth-order valence-corrected chi connectivity index (χ4v) is 17.2. The summed E-state index contributed by atoms with van der Waals surface area (Å²) in [4.78, 5) is 2.41. The number of anilines is 3. The van der Waals surface area contributed by atoms with Crippen molar-refractivity contribution in [3.8, 4) is 22.9 Å². The van der Waals surface area contributed by atoms with Gasteiger partial charge in [-0.15, -0.1) is 0 Å². The van der Waals surface area contributed by atoms with Crippen molar-refractivity contribution in [1.82, 2.24) is 10.2 Å². The monoisotopic (exact) mass is 615 g/mol. The van der Waals surface area contributed by atoms with Crippen molar-refractivity contribution in [2.24, 2.45) is 0 Å². The summed E-state index contributed by atoms with van der Waals surface area (Å²) in [5, 5.41) is 8.63. The van der Waals surface area contributed by atoms with E-state index in [2.05, 4.69) is 149 Å². The van der Waals surface area contributed by atoms with Crippen molar-refractivity contribution in [2.75, 3.05) is 4.90 Å². The minimum absolute atomic E-state index is 0.506. The summed E-state index contributed by atoms with van der Waals surface area (Å²) in [5.41, 5.74) is 5.34. The Kier molecular flexibility index (Phi) is 6.27. The summed E-state index contributed by atoms with van der Waals surface area (Å²) in [6, 6.07) is 58.6. The molecule has 204 valence electrons. The van der Waals surface area contributed by atoms with Crippen LogP contribution < -0.4 is 22.5 Å². The molecule has 7 aromatic rings. The van der Waals surface area contributed by atoms with Crippen LogP contribution in [0.25, 0.3) is 22.9 Å². The third kappa shape index (κ3) is 4.14. The third-order valence-electron chi connectivity index (χ3n) is 8.33. The smallest absolute Gasteiger partial charge is 0.0615 e. The fraction of sp³-hybridized carbons (Fsp3) is 0. The van der Waals surface area contributed by atoms with E-state index in [1.54, 1.807) is 0 Å². The Morgan fingerprint density at radius 3 is 1.35 bits per heavy atom. The van der Waals surface area contributed by atoms with Gasteiger partial charge in [-0.25, -0.2) is 0 Å². The number of para-hydroxylation sites is 2. The number of benzene rings is 6. The van der Waals surface area contributed by atoms with E-state index >= 15 is 0 Å². The van der Waals surface area contributed by atoms with E-state index in [1.165, 1.54) is 29.0 Å². The van der Waals surface area contributed by atoms with Crippen LogP contribution in [0.5, 0.6) is 0 Å². The van der Waals surface area contributed by atoms with Crippen LogP contribution in [-0.2, 0) is 0 Å². The average molecular weight is 614 g/mol. The molecule has 0 unspecified atom stereocenters. The standard InChI is InChI=1S/C38H27GeN3O/c1-4-14-28(15-5-1)37-40-41-38(43-37)29-24-26-32(27-25-29)42-35-22-12-10-20-33(35)39(30-16-6-2-7-17-30,31-18-8-3-9-19-31)34-21-11-13-23-36(34)42/h1-27H. The zero-order valence-electron chi connectivity index (χ0n) is 23.3. The van der Waals surface area contributed by atoms with Crippen LogP contribution in [-0.4, -0.2) is 23.5 Å². The van der Waals surface area contributed by atoms with Crippen LogP contribution in [0.2, 0.25) is 0 Å². The molecule has 0 saturated carbocycles. The molecular formula is C38H27GeN3O. The molecule has 4 nitrogen and oxygen atoms in total. The summed E-state index contributed by atoms with van der Waals surface area (Å²) >= 11 is -3.37. The maximum atomic E-state index is 6.05. The van der Waals surface area contributed by atoms with Crippen molar-refractivity contribution >= 4 is 47.9 Å². The van der Waals surface area contributed by atoms with Gasteiger partial charge in [0.25, 0.3) is 0 Å². The van der Waals surface area contributed by atoms with Gasteiger partial charge in [-0.3, -0.25) is 0 Å². The first-order valence-electron chi connectivity index (χ1n) is 14.4. The molecule has 0 atom stereocenters. The van der Waals surface area contributed by atoms with Crippen LogP contribution in [0.3, 0.4) is 0 Å². The molecule has 1 aliphatic heterocycles. The third-order valence-corrected chi connectivity index (χ3v) is 18.5. The Hall–Kier alpha value is -5.20. The molecule has 2 heterocycles. The normalized spacial score (nSPS) is 13.3. The minimum Gasteiger partial charge on any atom is -0.0615 e. The second kappa shape index (κ2) is 10.6. The molecular weight excluding hydrogens is 587 g/mol. The molecule has 0 saturated heterocycles. The summed E-state index contributed by atoms with van der Waals surface area (Å²) in [6.07, 6.45) is 0. The van der Waals surface area contributed by atoms with Crippen molar-refractivity contribution in [3.05, 3.63) is 164 Å². The van der Waals surface area contributed by atoms with E-state index < -0.39 is 13.3 Å². The zero-order valence-corrected chi connectivity index (χ0v) is 25.4. The average Bonchev–Trinajstić information content (AvgIpc) is 3.59. The molecule has 0 bridgehead atoms. The Morgan fingerprint density at radius 2 is 0.837 bits per heavy atom. The molecule has 0 spiro atoms. The maximum absolute atomic E-state index is 6.05. The predicted octanol–water partition coefficient (Wildman–Crippen LogP) is 6.56. The van der Waals surface area contributed by atoms with Gasteiger partial charge >= 0.3 is 236 Å². The SMILES string of the molecule is c1ccc(-c2nnc(-c3ccc(N4c5cccc[c]5[Ge]([c]5ccccc5)([c]5ccccc5)[c]5ccccc54)cc3)o2)cc1. The number of hydrogen-bond acceptors (Lipinski definition) is 4. The van der Waals surface area contributed by atoms with E-state index in [4.69, 9.17) is 4.42 Å². The second-order valence-corrected chi connectivity index (χ2v) is 18.5. The van der Waals surface area contributed by atoms with E-state index in [-0.39, 0.29) is 0 Å². The van der Waals surface area contributed by atoms with E-state index in [1.807, 2.05) is 30.3 Å². The molecule has 6 aromatic carbocycles. The molecule has 0 N–H and O–H groups in total. The van der Waals surface area contributed by atoms with Crippen molar-refractivity contribution < 1.29 is 4.42 Å². The van der Waals surface area contributed by atoms with Crippen molar-refractivity contribution in [3.63, 3.8) is 0 Å². The number of nitrogens with zero attached hydrogens (tertiary/aromatic N) is 3. The molecule has 0 radical (unpaired) electrons. The first kappa shape index (κ1) is 25.5. The van der Waals surface area contributed by atoms with Crippen LogP contribution in [0.1, 0.15) is 0 Å². The van der Waals surface area contributed by atoms with E-state index in [9.17, 15) is 0 Å². The van der Waals surface area contributed by atoms with Crippen molar-refractivity contribution in [2.45, 2.75) is 0 Å². The topological polar surface area (TPSA) is 42.2 Å². The molecule has 1 aromatic heterocycles. The Labute approximate surface area is 253 Å². The van der Waals surface area contributed by atoms with Gasteiger partial charge in [-0.1, -0.05) is 18.2 Å². The molecule has 8 rings (SSSR count). The van der Waals surface area contributed by atoms with Crippen LogP contribution >= 0.6 is 0 Å². The van der Waals surface area contributed by atoms with Gasteiger partial charge in [0.15, 0.2) is 0 Å². The summed E-state index contributed by atoms with van der Waals surface area (Å²) in [6.45, 7) is 0. The minimum atomic E-state index is -3.37. The summed E-state index contributed by atoms with van der Waals surface area (Å²) in [7, 11) is 0. The van der Waals surface area contributed by atoms with Crippen molar-refractivity contribution in [1.29, 1.82) is 0 Å². The summed E-state index contributed by atoms with van der Waals surface area (Å²) < 4.78 is 11.7. The fourth-order valence-electron chi connectivity index (χ4n) is 6.48. The van der Waals surface area contributed by atoms with Gasteiger partial charge in [0, 0.05) is 0 Å². The molecule has 43 heavy (non-hydrogen) atoms.